The number of nitrogens with zero attached hydrogens (tertiary/aromatic N) is 1. The molecule has 0 aliphatic heterocycles. The van der Waals surface area contributed by atoms with Gasteiger partial charge in [0.2, 0.25) is 0 Å². The van der Waals surface area contributed by atoms with E-state index in [4.69, 9.17) is 17.3 Å². The SMILES string of the molecule is CC(C)N(c1ccccc1)S(=O)(=O)c1ccc(Cl)c(N)c1. The number of hydrogen-bond donors (Lipinski definition) is 1. The minimum absolute atomic E-state index is 0.127. The van der Waals surface area contributed by atoms with Crippen molar-refractivity contribution >= 4 is 33.0 Å². The van der Waals surface area contributed by atoms with Crippen LogP contribution in [-0.2, 0) is 10.0 Å². The third-order valence-electron chi connectivity index (χ3n) is 3.00. The lowest BCUT2D eigenvalue weighted by molar-refractivity contribution is 0.584. The van der Waals surface area contributed by atoms with E-state index >= 15 is 0 Å². The molecule has 0 spiro atoms. The molecular weight excluding hydrogens is 308 g/mol. The molecule has 0 aliphatic carbocycles. The van der Waals surface area contributed by atoms with Crippen molar-refractivity contribution in [2.24, 2.45) is 0 Å². The monoisotopic (exact) mass is 324 g/mol. The molecule has 0 amide bonds. The largest absolute Gasteiger partial charge is 0.397 e. The Kier molecular flexibility index (Phi) is 4.44. The van der Waals surface area contributed by atoms with Gasteiger partial charge in [0.15, 0.2) is 0 Å². The molecule has 0 aromatic heterocycles. The summed E-state index contributed by atoms with van der Waals surface area (Å²) in [5.41, 5.74) is 6.57. The smallest absolute Gasteiger partial charge is 0.264 e. The van der Waals surface area contributed by atoms with Crippen LogP contribution in [0, 0.1) is 0 Å². The quantitative estimate of drug-likeness (QED) is 0.875. The van der Waals surface area contributed by atoms with Crippen LogP contribution in [0.3, 0.4) is 0 Å². The highest BCUT2D eigenvalue weighted by molar-refractivity contribution is 7.92. The van der Waals surface area contributed by atoms with Crippen LogP contribution in [0.2, 0.25) is 5.02 Å². The average molecular weight is 325 g/mol. The standard InChI is InChI=1S/C15H17ClN2O2S/c1-11(2)18(12-6-4-3-5-7-12)21(19,20)13-8-9-14(16)15(17)10-13/h3-11H,17H2,1-2H3. The lowest BCUT2D eigenvalue weighted by Crippen LogP contribution is -2.37. The Morgan fingerprint density at radius 3 is 2.24 bits per heavy atom. The van der Waals surface area contributed by atoms with Crippen LogP contribution in [0.5, 0.6) is 0 Å². The zero-order chi connectivity index (χ0) is 15.6. The van der Waals surface area contributed by atoms with E-state index in [1.807, 2.05) is 19.9 Å². The van der Waals surface area contributed by atoms with E-state index in [1.54, 1.807) is 24.3 Å². The molecule has 2 aromatic carbocycles. The number of nitrogen functional groups attached to an aromatic ring is 1. The molecule has 112 valence electrons. The van der Waals surface area contributed by atoms with Crippen molar-refractivity contribution in [2.45, 2.75) is 24.8 Å². The van der Waals surface area contributed by atoms with E-state index in [0.717, 1.165) is 0 Å². The van der Waals surface area contributed by atoms with Crippen LogP contribution in [0.15, 0.2) is 53.4 Å². The van der Waals surface area contributed by atoms with E-state index in [9.17, 15) is 8.42 Å². The molecule has 0 fully saturated rings. The second kappa shape index (κ2) is 5.95. The van der Waals surface area contributed by atoms with E-state index in [2.05, 4.69) is 0 Å². The number of sulfonamides is 1. The van der Waals surface area contributed by atoms with Crippen molar-refractivity contribution in [1.82, 2.24) is 0 Å². The molecule has 0 saturated carbocycles. The van der Waals surface area contributed by atoms with Gasteiger partial charge >= 0.3 is 0 Å². The molecule has 2 N–H and O–H groups in total. The summed E-state index contributed by atoms with van der Waals surface area (Å²) in [4.78, 5) is 0.127. The van der Waals surface area contributed by atoms with Gasteiger partial charge in [0.25, 0.3) is 10.0 Å². The van der Waals surface area contributed by atoms with Gasteiger partial charge in [-0.05, 0) is 44.2 Å². The van der Waals surface area contributed by atoms with Gasteiger partial charge in [-0.3, -0.25) is 4.31 Å². The summed E-state index contributed by atoms with van der Waals surface area (Å²) in [6.07, 6.45) is 0. The lowest BCUT2D eigenvalue weighted by atomic mass is 10.3. The Hall–Kier alpha value is -1.72. The van der Waals surface area contributed by atoms with Crippen molar-refractivity contribution in [2.75, 3.05) is 10.0 Å². The van der Waals surface area contributed by atoms with Gasteiger partial charge in [0.05, 0.1) is 21.3 Å². The van der Waals surface area contributed by atoms with E-state index in [-0.39, 0.29) is 16.6 Å². The van der Waals surface area contributed by atoms with Crippen molar-refractivity contribution in [3.8, 4) is 0 Å². The third kappa shape index (κ3) is 3.14. The fourth-order valence-corrected chi connectivity index (χ4v) is 3.90. The third-order valence-corrected chi connectivity index (χ3v) is 5.35. The molecule has 6 heteroatoms. The lowest BCUT2D eigenvalue weighted by Gasteiger charge is -2.28. The van der Waals surface area contributed by atoms with Crippen LogP contribution in [0.25, 0.3) is 0 Å². The van der Waals surface area contributed by atoms with Crippen LogP contribution < -0.4 is 10.0 Å². The Labute approximate surface area is 130 Å². The van der Waals surface area contributed by atoms with Gasteiger partial charge in [-0.2, -0.15) is 0 Å². The summed E-state index contributed by atoms with van der Waals surface area (Å²) in [5.74, 6) is 0. The van der Waals surface area contributed by atoms with Crippen molar-refractivity contribution in [1.29, 1.82) is 0 Å². The van der Waals surface area contributed by atoms with E-state index < -0.39 is 10.0 Å². The molecule has 0 saturated heterocycles. The number of rotatable bonds is 4. The molecule has 2 rings (SSSR count). The fourth-order valence-electron chi connectivity index (χ4n) is 2.09. The first-order chi connectivity index (χ1) is 9.84. The number of nitrogens with two attached hydrogens (primary N) is 1. The second-order valence-corrected chi connectivity index (χ2v) is 7.14. The van der Waals surface area contributed by atoms with Crippen molar-refractivity contribution in [3.63, 3.8) is 0 Å². The maximum atomic E-state index is 12.9. The molecule has 2 aromatic rings. The van der Waals surface area contributed by atoms with Crippen LogP contribution in [0.1, 0.15) is 13.8 Å². The minimum Gasteiger partial charge on any atom is -0.397 e. The number of hydrogen-bond acceptors (Lipinski definition) is 3. The second-order valence-electron chi connectivity index (χ2n) is 4.91. The van der Waals surface area contributed by atoms with Gasteiger partial charge in [-0.15, -0.1) is 0 Å². The van der Waals surface area contributed by atoms with E-state index in [1.165, 1.54) is 22.5 Å². The summed E-state index contributed by atoms with van der Waals surface area (Å²) in [7, 11) is -3.70. The van der Waals surface area contributed by atoms with Crippen molar-refractivity contribution in [3.05, 3.63) is 53.6 Å². The van der Waals surface area contributed by atoms with Gasteiger partial charge in [-0.1, -0.05) is 29.8 Å². The number of anilines is 2. The zero-order valence-electron chi connectivity index (χ0n) is 11.8. The Balaban J connectivity index is 2.56. The Morgan fingerprint density at radius 1 is 1.10 bits per heavy atom. The molecule has 21 heavy (non-hydrogen) atoms. The van der Waals surface area contributed by atoms with Gasteiger partial charge in [-0.25, -0.2) is 8.42 Å². The molecule has 0 radical (unpaired) electrons. The molecule has 0 aliphatic rings. The summed E-state index contributed by atoms with van der Waals surface area (Å²) in [6.45, 7) is 3.65. The first-order valence-corrected chi connectivity index (χ1v) is 8.30. The highest BCUT2D eigenvalue weighted by Crippen LogP contribution is 2.29. The summed E-state index contributed by atoms with van der Waals surface area (Å²) >= 11 is 5.86. The highest BCUT2D eigenvalue weighted by Gasteiger charge is 2.27. The number of benzene rings is 2. The van der Waals surface area contributed by atoms with Gasteiger partial charge in [0, 0.05) is 6.04 Å². The fraction of sp³-hybridized carbons (Fsp3) is 0.200. The molecule has 0 heterocycles. The van der Waals surface area contributed by atoms with Crippen LogP contribution >= 0.6 is 11.6 Å². The molecular formula is C15H17ClN2O2S. The predicted molar refractivity (Wildman–Crippen MR) is 87.1 cm³/mol. The first kappa shape index (κ1) is 15.7. The van der Waals surface area contributed by atoms with Crippen LogP contribution in [-0.4, -0.2) is 14.5 Å². The first-order valence-electron chi connectivity index (χ1n) is 6.48. The molecule has 0 bridgehead atoms. The predicted octanol–water partition coefficient (Wildman–Crippen LogP) is 3.53. The topological polar surface area (TPSA) is 63.4 Å². The summed E-state index contributed by atoms with van der Waals surface area (Å²) in [6, 6.07) is 13.1. The van der Waals surface area contributed by atoms with Gasteiger partial charge < -0.3 is 5.73 Å². The molecule has 4 nitrogen and oxygen atoms in total. The summed E-state index contributed by atoms with van der Waals surface area (Å²) < 4.78 is 27.1. The van der Waals surface area contributed by atoms with Crippen LogP contribution in [0.4, 0.5) is 11.4 Å². The highest BCUT2D eigenvalue weighted by atomic mass is 35.5. The zero-order valence-corrected chi connectivity index (χ0v) is 13.4. The van der Waals surface area contributed by atoms with Crippen molar-refractivity contribution < 1.29 is 8.42 Å². The summed E-state index contributed by atoms with van der Waals surface area (Å²) in [5, 5.41) is 0.338. The normalized spacial score (nSPS) is 11.6. The molecule has 0 atom stereocenters. The van der Waals surface area contributed by atoms with Gasteiger partial charge in [0.1, 0.15) is 0 Å². The maximum Gasteiger partial charge on any atom is 0.264 e. The molecule has 0 unspecified atom stereocenters. The van der Waals surface area contributed by atoms with E-state index in [0.29, 0.717) is 10.7 Å². The Bertz CT molecular complexity index is 731. The number of para-hydroxylation sites is 1. The number of halogens is 1. The Morgan fingerprint density at radius 2 is 1.71 bits per heavy atom. The average Bonchev–Trinajstić information content (AvgIpc) is 2.42. The maximum absolute atomic E-state index is 12.9. The minimum atomic E-state index is -3.70.